The largest absolute Gasteiger partial charge is 0.493 e. The van der Waals surface area contributed by atoms with Gasteiger partial charge in [-0.05, 0) is 41.5 Å². The SMILES string of the molecule is COc1ccc([C@@H]2C[C@@H](C(F)(F)F)n3nc(C(=O)NCc4ccc(-n5cccn5)cc4)cc3N2)cc1OC. The lowest BCUT2D eigenvalue weighted by Gasteiger charge is -2.33. The Balaban J connectivity index is 1.33. The van der Waals surface area contributed by atoms with Crippen LogP contribution in [0.3, 0.4) is 0 Å². The van der Waals surface area contributed by atoms with E-state index in [1.807, 2.05) is 36.5 Å². The fraction of sp³-hybridized carbons (Fsp3) is 0.269. The third-order valence-corrected chi connectivity index (χ3v) is 6.39. The molecule has 3 heterocycles. The quantitative estimate of drug-likeness (QED) is 0.363. The van der Waals surface area contributed by atoms with Crippen molar-refractivity contribution in [2.24, 2.45) is 0 Å². The van der Waals surface area contributed by atoms with E-state index in [2.05, 4.69) is 20.8 Å². The van der Waals surface area contributed by atoms with Crippen LogP contribution in [-0.2, 0) is 6.54 Å². The number of halogens is 3. The van der Waals surface area contributed by atoms with Crippen molar-refractivity contribution in [1.29, 1.82) is 0 Å². The van der Waals surface area contributed by atoms with E-state index in [1.54, 1.807) is 29.1 Å². The van der Waals surface area contributed by atoms with Crippen LogP contribution in [-0.4, -0.2) is 45.9 Å². The maximum atomic E-state index is 14.0. The Morgan fingerprint density at radius 3 is 2.53 bits per heavy atom. The summed E-state index contributed by atoms with van der Waals surface area (Å²) >= 11 is 0. The first-order chi connectivity index (χ1) is 18.3. The maximum Gasteiger partial charge on any atom is 0.410 e. The van der Waals surface area contributed by atoms with E-state index in [9.17, 15) is 18.0 Å². The van der Waals surface area contributed by atoms with Gasteiger partial charge >= 0.3 is 6.18 Å². The van der Waals surface area contributed by atoms with Gasteiger partial charge in [-0.3, -0.25) is 4.79 Å². The van der Waals surface area contributed by atoms with Crippen molar-refractivity contribution in [3.63, 3.8) is 0 Å². The average molecular weight is 527 g/mol. The highest BCUT2D eigenvalue weighted by Gasteiger charge is 2.47. The summed E-state index contributed by atoms with van der Waals surface area (Å²) < 4.78 is 55.2. The number of alkyl halides is 3. The maximum absolute atomic E-state index is 14.0. The van der Waals surface area contributed by atoms with Crippen molar-refractivity contribution < 1.29 is 27.4 Å². The number of amides is 1. The van der Waals surface area contributed by atoms with Crippen molar-refractivity contribution in [2.45, 2.75) is 31.2 Å². The molecule has 12 heteroatoms. The summed E-state index contributed by atoms with van der Waals surface area (Å²) in [4.78, 5) is 12.8. The number of carbonyl (C=O) groups is 1. The van der Waals surface area contributed by atoms with Gasteiger partial charge in [-0.25, -0.2) is 9.36 Å². The molecule has 2 aromatic heterocycles. The number of hydrogen-bond acceptors (Lipinski definition) is 6. The molecular weight excluding hydrogens is 501 g/mol. The summed E-state index contributed by atoms with van der Waals surface area (Å²) in [6.45, 7) is 0.185. The highest BCUT2D eigenvalue weighted by atomic mass is 19.4. The minimum atomic E-state index is -4.57. The van der Waals surface area contributed by atoms with Gasteiger partial charge in [0.2, 0.25) is 0 Å². The monoisotopic (exact) mass is 526 g/mol. The van der Waals surface area contributed by atoms with Crippen molar-refractivity contribution in [3.05, 3.63) is 83.8 Å². The molecule has 9 nitrogen and oxygen atoms in total. The number of benzene rings is 2. The molecule has 38 heavy (non-hydrogen) atoms. The Bertz CT molecular complexity index is 1420. The zero-order valence-electron chi connectivity index (χ0n) is 20.6. The van der Waals surface area contributed by atoms with Crippen LogP contribution in [0.25, 0.3) is 5.69 Å². The summed E-state index contributed by atoms with van der Waals surface area (Å²) in [7, 11) is 2.94. The van der Waals surface area contributed by atoms with Crippen molar-refractivity contribution in [1.82, 2.24) is 24.9 Å². The Morgan fingerprint density at radius 2 is 1.87 bits per heavy atom. The van der Waals surface area contributed by atoms with Crippen LogP contribution in [0.5, 0.6) is 11.5 Å². The third-order valence-electron chi connectivity index (χ3n) is 6.39. The number of methoxy groups -OCH3 is 2. The molecule has 5 rings (SSSR count). The van der Waals surface area contributed by atoms with Crippen LogP contribution in [0.15, 0.2) is 67.0 Å². The number of anilines is 1. The van der Waals surface area contributed by atoms with E-state index in [-0.39, 0.29) is 24.5 Å². The van der Waals surface area contributed by atoms with Crippen molar-refractivity contribution in [2.75, 3.05) is 19.5 Å². The fourth-order valence-corrected chi connectivity index (χ4v) is 4.43. The van der Waals surface area contributed by atoms with Gasteiger partial charge in [0, 0.05) is 31.4 Å². The van der Waals surface area contributed by atoms with Gasteiger partial charge in [-0.1, -0.05) is 18.2 Å². The first-order valence-corrected chi connectivity index (χ1v) is 11.8. The molecule has 2 N–H and O–H groups in total. The lowest BCUT2D eigenvalue weighted by atomic mass is 9.96. The number of nitrogens with zero attached hydrogens (tertiary/aromatic N) is 4. The molecule has 0 saturated carbocycles. The van der Waals surface area contributed by atoms with Gasteiger partial charge in [-0.2, -0.15) is 23.4 Å². The third kappa shape index (κ3) is 5.01. The molecule has 0 fully saturated rings. The smallest absolute Gasteiger partial charge is 0.410 e. The Hall–Kier alpha value is -4.48. The first-order valence-electron chi connectivity index (χ1n) is 11.8. The Labute approximate surface area is 216 Å². The molecule has 4 aromatic rings. The van der Waals surface area contributed by atoms with Crippen LogP contribution >= 0.6 is 0 Å². The molecule has 0 spiro atoms. The number of rotatable bonds is 7. The fourth-order valence-electron chi connectivity index (χ4n) is 4.43. The number of nitrogens with one attached hydrogen (secondary N) is 2. The molecule has 1 aliphatic heterocycles. The lowest BCUT2D eigenvalue weighted by Crippen LogP contribution is -2.35. The van der Waals surface area contributed by atoms with Crippen LogP contribution in [0, 0.1) is 0 Å². The molecule has 2 atom stereocenters. The number of fused-ring (bicyclic) bond motifs is 1. The van der Waals surface area contributed by atoms with Crippen LogP contribution in [0.1, 0.15) is 40.1 Å². The molecule has 1 aliphatic rings. The molecule has 0 aliphatic carbocycles. The standard InChI is InChI=1S/C26H25F3N6O3/c1-37-21-9-6-17(12-22(21)38-2)19-13-23(26(27,28)29)35-24(32-19)14-20(33-35)25(36)30-15-16-4-7-18(8-5-16)34-11-3-10-31-34/h3-12,14,19,23,32H,13,15H2,1-2H3,(H,30,36)/t19-,23-/m0/s1. The molecule has 0 unspecified atom stereocenters. The minimum absolute atomic E-state index is 0.104. The van der Waals surface area contributed by atoms with Crippen molar-refractivity contribution in [3.8, 4) is 17.2 Å². The van der Waals surface area contributed by atoms with E-state index in [4.69, 9.17) is 9.47 Å². The van der Waals surface area contributed by atoms with Gasteiger partial charge in [0.25, 0.3) is 5.91 Å². The van der Waals surface area contributed by atoms with Gasteiger partial charge in [0.05, 0.1) is 25.9 Å². The second-order valence-electron chi connectivity index (χ2n) is 8.76. The minimum Gasteiger partial charge on any atom is -0.493 e. The molecule has 198 valence electrons. The second-order valence-corrected chi connectivity index (χ2v) is 8.76. The van der Waals surface area contributed by atoms with Gasteiger partial charge in [0.1, 0.15) is 5.82 Å². The van der Waals surface area contributed by atoms with Gasteiger partial charge < -0.3 is 20.1 Å². The number of hydrogen-bond donors (Lipinski definition) is 2. The second kappa shape index (κ2) is 10.1. The Kier molecular flexibility index (Phi) is 6.70. The lowest BCUT2D eigenvalue weighted by molar-refractivity contribution is -0.173. The van der Waals surface area contributed by atoms with E-state index >= 15 is 0 Å². The predicted molar refractivity (Wildman–Crippen MR) is 133 cm³/mol. The predicted octanol–water partition coefficient (Wildman–Crippen LogP) is 4.68. The molecule has 0 saturated heterocycles. The number of aromatic nitrogens is 4. The van der Waals surface area contributed by atoms with Gasteiger partial charge in [0.15, 0.2) is 23.2 Å². The molecule has 1 amide bonds. The summed E-state index contributed by atoms with van der Waals surface area (Å²) in [5, 5.41) is 14.0. The zero-order valence-corrected chi connectivity index (χ0v) is 20.6. The molecule has 2 aromatic carbocycles. The summed E-state index contributed by atoms with van der Waals surface area (Å²) in [6.07, 6.45) is -1.39. The Morgan fingerprint density at radius 1 is 1.11 bits per heavy atom. The van der Waals surface area contributed by atoms with Crippen LogP contribution in [0.2, 0.25) is 0 Å². The number of carbonyl (C=O) groups excluding carboxylic acids is 1. The summed E-state index contributed by atoms with van der Waals surface area (Å²) in [6, 6.07) is 12.9. The van der Waals surface area contributed by atoms with E-state index in [0.717, 1.165) is 15.9 Å². The summed E-state index contributed by atoms with van der Waals surface area (Å²) in [5.74, 6) is 0.409. The van der Waals surface area contributed by atoms with Gasteiger partial charge in [-0.15, -0.1) is 0 Å². The number of ether oxygens (including phenoxy) is 2. The normalized spacial score (nSPS) is 16.9. The molecular formula is C26H25F3N6O3. The highest BCUT2D eigenvalue weighted by molar-refractivity contribution is 5.93. The zero-order chi connectivity index (χ0) is 26.9. The molecule has 0 radical (unpaired) electrons. The topological polar surface area (TPSA) is 95.2 Å². The van der Waals surface area contributed by atoms with E-state index < -0.39 is 24.2 Å². The highest BCUT2D eigenvalue weighted by Crippen LogP contribution is 2.44. The van der Waals surface area contributed by atoms with E-state index in [0.29, 0.717) is 17.1 Å². The molecule has 0 bridgehead atoms. The van der Waals surface area contributed by atoms with Crippen molar-refractivity contribution >= 4 is 11.7 Å². The van der Waals surface area contributed by atoms with Crippen LogP contribution in [0.4, 0.5) is 19.0 Å². The van der Waals surface area contributed by atoms with Crippen LogP contribution < -0.4 is 20.1 Å². The average Bonchev–Trinajstić information content (AvgIpc) is 3.61. The summed E-state index contributed by atoms with van der Waals surface area (Å²) in [5.41, 5.74) is 2.16. The first kappa shape index (κ1) is 25.2. The van der Waals surface area contributed by atoms with E-state index in [1.165, 1.54) is 20.3 Å².